The lowest BCUT2D eigenvalue weighted by Gasteiger charge is -2.35. The van der Waals surface area contributed by atoms with Crippen molar-refractivity contribution in [1.29, 1.82) is 0 Å². The van der Waals surface area contributed by atoms with Crippen LogP contribution in [-0.2, 0) is 26.2 Å². The van der Waals surface area contributed by atoms with Crippen molar-refractivity contribution in [2.45, 2.75) is 71.0 Å². The van der Waals surface area contributed by atoms with Crippen molar-refractivity contribution in [1.82, 2.24) is 10.2 Å². The largest absolute Gasteiger partial charge is 0.350 e. The maximum Gasteiger partial charge on any atom is 0.264 e. The normalized spacial score (nSPS) is 12.5. The molecule has 0 fully saturated rings. The van der Waals surface area contributed by atoms with Gasteiger partial charge in [-0.25, -0.2) is 8.42 Å². The second-order valence-corrected chi connectivity index (χ2v) is 13.7. The Hall–Kier alpha value is -3.07. The van der Waals surface area contributed by atoms with Gasteiger partial charge in [0.05, 0.1) is 20.6 Å². The van der Waals surface area contributed by atoms with E-state index in [1.807, 2.05) is 47.6 Å². The summed E-state index contributed by atoms with van der Waals surface area (Å²) >= 11 is 12.4. The molecule has 0 saturated heterocycles. The van der Waals surface area contributed by atoms with Gasteiger partial charge >= 0.3 is 0 Å². The number of sulfonamides is 1. The van der Waals surface area contributed by atoms with Crippen LogP contribution in [0.2, 0.25) is 10.0 Å². The van der Waals surface area contributed by atoms with Crippen molar-refractivity contribution in [3.63, 3.8) is 0 Å². The first-order valence-corrected chi connectivity index (χ1v) is 15.5. The van der Waals surface area contributed by atoms with Crippen molar-refractivity contribution in [2.75, 3.05) is 10.8 Å². The topological polar surface area (TPSA) is 86.8 Å². The summed E-state index contributed by atoms with van der Waals surface area (Å²) in [7, 11) is -4.13. The van der Waals surface area contributed by atoms with Crippen molar-refractivity contribution in [2.24, 2.45) is 0 Å². The van der Waals surface area contributed by atoms with Crippen LogP contribution in [0.15, 0.2) is 71.6 Å². The van der Waals surface area contributed by atoms with E-state index in [-0.39, 0.29) is 17.3 Å². The summed E-state index contributed by atoms with van der Waals surface area (Å²) < 4.78 is 29.0. The maximum atomic E-state index is 14.2. The van der Waals surface area contributed by atoms with E-state index < -0.39 is 34.1 Å². The van der Waals surface area contributed by atoms with Crippen molar-refractivity contribution < 1.29 is 18.0 Å². The number of benzene rings is 3. The Kier molecular flexibility index (Phi) is 10.5. The fourth-order valence-electron chi connectivity index (χ4n) is 4.34. The van der Waals surface area contributed by atoms with Crippen LogP contribution in [0.1, 0.15) is 50.8 Å². The smallest absolute Gasteiger partial charge is 0.264 e. The molecular weight excluding hydrogens is 581 g/mol. The molecule has 3 aromatic rings. The number of anilines is 1. The lowest BCUT2D eigenvalue weighted by molar-refractivity contribution is -0.141. The summed E-state index contributed by atoms with van der Waals surface area (Å²) in [5, 5.41) is 3.63. The Morgan fingerprint density at radius 2 is 1.56 bits per heavy atom. The molecule has 0 aliphatic rings. The van der Waals surface area contributed by atoms with Gasteiger partial charge in [0.25, 0.3) is 10.0 Å². The van der Waals surface area contributed by atoms with Gasteiger partial charge in [-0.3, -0.25) is 13.9 Å². The van der Waals surface area contributed by atoms with Crippen molar-refractivity contribution in [3.8, 4) is 0 Å². The quantitative estimate of drug-likeness (QED) is 0.280. The van der Waals surface area contributed by atoms with E-state index in [0.717, 1.165) is 15.4 Å². The highest BCUT2D eigenvalue weighted by Gasteiger charge is 2.34. The minimum atomic E-state index is -4.13. The average molecular weight is 619 g/mol. The Balaban J connectivity index is 2.10. The van der Waals surface area contributed by atoms with Gasteiger partial charge in [-0.05, 0) is 94.1 Å². The number of hydrogen-bond donors (Lipinski definition) is 1. The van der Waals surface area contributed by atoms with Crippen LogP contribution in [-0.4, -0.2) is 43.3 Å². The number of halogens is 2. The third-order valence-corrected chi connectivity index (χ3v) is 9.14. The summed E-state index contributed by atoms with van der Waals surface area (Å²) in [4.78, 5) is 29.1. The Morgan fingerprint density at radius 3 is 2.12 bits per heavy atom. The number of hydrogen-bond acceptors (Lipinski definition) is 4. The van der Waals surface area contributed by atoms with Gasteiger partial charge in [-0.15, -0.1) is 0 Å². The average Bonchev–Trinajstić information content (AvgIpc) is 2.90. The Bertz CT molecular complexity index is 1510. The van der Waals surface area contributed by atoms with Crippen molar-refractivity contribution >= 4 is 50.7 Å². The van der Waals surface area contributed by atoms with Crippen LogP contribution in [0, 0.1) is 13.8 Å². The molecule has 10 heteroatoms. The second-order valence-electron chi connectivity index (χ2n) is 11.0. The number of amides is 2. The Labute approximate surface area is 253 Å². The van der Waals surface area contributed by atoms with Crippen LogP contribution < -0.4 is 9.62 Å². The number of rotatable bonds is 10. The van der Waals surface area contributed by atoms with Crippen LogP contribution in [0.25, 0.3) is 0 Å². The molecule has 1 N–H and O–H groups in total. The zero-order valence-electron chi connectivity index (χ0n) is 24.2. The zero-order valence-corrected chi connectivity index (χ0v) is 26.6. The van der Waals surface area contributed by atoms with Crippen LogP contribution in [0.4, 0.5) is 5.69 Å². The van der Waals surface area contributed by atoms with Gasteiger partial charge in [0.2, 0.25) is 11.8 Å². The maximum absolute atomic E-state index is 14.2. The predicted molar refractivity (Wildman–Crippen MR) is 166 cm³/mol. The molecule has 0 unspecified atom stereocenters. The molecule has 3 aromatic carbocycles. The molecule has 3 rings (SSSR count). The molecule has 2 amide bonds. The van der Waals surface area contributed by atoms with Crippen LogP contribution in [0.5, 0.6) is 0 Å². The third-order valence-electron chi connectivity index (χ3n) is 6.61. The lowest BCUT2D eigenvalue weighted by Crippen LogP contribution is -2.55. The first-order chi connectivity index (χ1) is 19.1. The SMILES string of the molecule is CC[C@@H](C(=O)NC(C)(C)C)N(Cc1ccc(Cl)c(Cl)c1)C(=O)CN(c1ccc(C)c(C)c1)S(=O)(=O)c1ccccc1. The van der Waals surface area contributed by atoms with Gasteiger partial charge in [0, 0.05) is 12.1 Å². The number of carbonyl (C=O) groups is 2. The molecule has 1 atom stereocenters. The van der Waals surface area contributed by atoms with Gasteiger partial charge in [-0.2, -0.15) is 0 Å². The summed E-state index contributed by atoms with van der Waals surface area (Å²) in [6, 6.07) is 17.4. The molecule has 0 heterocycles. The molecule has 220 valence electrons. The van der Waals surface area contributed by atoms with Gasteiger partial charge in [-0.1, -0.05) is 60.5 Å². The van der Waals surface area contributed by atoms with E-state index in [9.17, 15) is 18.0 Å². The first-order valence-electron chi connectivity index (χ1n) is 13.3. The molecule has 0 radical (unpaired) electrons. The first kappa shape index (κ1) is 32.4. The number of nitrogens with zero attached hydrogens (tertiary/aromatic N) is 2. The monoisotopic (exact) mass is 617 g/mol. The zero-order chi connectivity index (χ0) is 30.5. The molecule has 0 spiro atoms. The van der Waals surface area contributed by atoms with E-state index in [1.165, 1.54) is 17.0 Å². The Morgan fingerprint density at radius 1 is 0.902 bits per heavy atom. The molecule has 0 aromatic heterocycles. The minimum Gasteiger partial charge on any atom is -0.350 e. The molecule has 0 saturated carbocycles. The fraction of sp³-hybridized carbons (Fsp3) is 0.355. The van der Waals surface area contributed by atoms with Gasteiger partial charge in [0.1, 0.15) is 12.6 Å². The molecular formula is C31H37Cl2N3O4S. The van der Waals surface area contributed by atoms with E-state index >= 15 is 0 Å². The number of aryl methyl sites for hydroxylation is 2. The molecule has 0 aliphatic carbocycles. The summed E-state index contributed by atoms with van der Waals surface area (Å²) in [6.45, 7) is 10.7. The van der Waals surface area contributed by atoms with Crippen LogP contribution >= 0.6 is 23.2 Å². The summed E-state index contributed by atoms with van der Waals surface area (Å²) in [5.41, 5.74) is 2.34. The van der Waals surface area contributed by atoms with Gasteiger partial charge < -0.3 is 10.2 Å². The van der Waals surface area contributed by atoms with Crippen LogP contribution in [0.3, 0.4) is 0 Å². The predicted octanol–water partition coefficient (Wildman–Crippen LogP) is 6.53. The summed E-state index contributed by atoms with van der Waals surface area (Å²) in [6.07, 6.45) is 0.310. The number of carbonyl (C=O) groups excluding carboxylic acids is 2. The van der Waals surface area contributed by atoms with E-state index in [2.05, 4.69) is 5.32 Å². The molecule has 41 heavy (non-hydrogen) atoms. The molecule has 0 bridgehead atoms. The highest BCUT2D eigenvalue weighted by molar-refractivity contribution is 7.92. The standard InChI is InChI=1S/C31H37Cl2N3O4S/c1-7-28(30(38)34-31(4,5)6)35(19-23-14-16-26(32)27(33)18-23)29(37)20-36(24-15-13-21(2)22(3)17-24)41(39,40)25-11-9-8-10-12-25/h8-18,28H,7,19-20H2,1-6H3,(H,34,38)/t28-/m0/s1. The lowest BCUT2D eigenvalue weighted by atomic mass is 10.1. The molecule has 7 nitrogen and oxygen atoms in total. The highest BCUT2D eigenvalue weighted by atomic mass is 35.5. The van der Waals surface area contributed by atoms with Gasteiger partial charge in [0.15, 0.2) is 0 Å². The van der Waals surface area contributed by atoms with E-state index in [4.69, 9.17) is 23.2 Å². The fourth-order valence-corrected chi connectivity index (χ4v) is 6.08. The van der Waals surface area contributed by atoms with E-state index in [1.54, 1.807) is 48.5 Å². The third kappa shape index (κ3) is 8.24. The number of nitrogens with one attached hydrogen (secondary N) is 1. The van der Waals surface area contributed by atoms with Crippen molar-refractivity contribution in [3.05, 3.63) is 93.5 Å². The van der Waals surface area contributed by atoms with E-state index in [0.29, 0.717) is 27.7 Å². The molecule has 0 aliphatic heterocycles. The second kappa shape index (κ2) is 13.3. The minimum absolute atomic E-state index is 0.0257. The summed E-state index contributed by atoms with van der Waals surface area (Å²) in [5.74, 6) is -0.873. The highest BCUT2D eigenvalue weighted by Crippen LogP contribution is 2.28.